The van der Waals surface area contributed by atoms with E-state index in [1.165, 1.54) is 4.90 Å². The van der Waals surface area contributed by atoms with Gasteiger partial charge < -0.3 is 30.1 Å². The van der Waals surface area contributed by atoms with Crippen LogP contribution in [0.25, 0.3) is 0 Å². The van der Waals surface area contributed by atoms with Crippen molar-refractivity contribution in [3.05, 3.63) is 35.4 Å². The first-order valence-electron chi connectivity index (χ1n) is 13.4. The van der Waals surface area contributed by atoms with Crippen molar-refractivity contribution in [1.82, 2.24) is 15.5 Å². The smallest absolute Gasteiger partial charge is 0.408 e. The van der Waals surface area contributed by atoms with Crippen molar-refractivity contribution in [2.45, 2.75) is 84.4 Å². The van der Waals surface area contributed by atoms with Crippen LogP contribution in [0.2, 0.25) is 0 Å². The number of aliphatic hydroxyl groups is 1. The number of carbonyl (C=O) groups is 4. The van der Waals surface area contributed by atoms with Crippen molar-refractivity contribution in [3.8, 4) is 12.3 Å². The summed E-state index contributed by atoms with van der Waals surface area (Å²) in [5, 5.41) is 15.2. The monoisotopic (exact) mass is 545 g/mol. The van der Waals surface area contributed by atoms with Gasteiger partial charge in [-0.1, -0.05) is 44.2 Å². The van der Waals surface area contributed by atoms with E-state index in [9.17, 15) is 24.3 Å². The summed E-state index contributed by atoms with van der Waals surface area (Å²) in [5.41, 5.74) is 0.272. The Morgan fingerprint density at radius 2 is 1.74 bits per heavy atom. The zero-order valence-corrected chi connectivity index (χ0v) is 23.7. The summed E-state index contributed by atoms with van der Waals surface area (Å²) in [4.78, 5) is 52.8. The quantitative estimate of drug-likeness (QED) is 0.175. The van der Waals surface area contributed by atoms with E-state index in [-0.39, 0.29) is 26.1 Å². The van der Waals surface area contributed by atoms with Gasteiger partial charge in [-0.3, -0.25) is 14.4 Å². The normalized spacial score (nSPS) is 12.4. The molecule has 0 aliphatic carbocycles. The number of ether oxygens (including phenoxy) is 2. The van der Waals surface area contributed by atoms with Gasteiger partial charge in [-0.15, -0.1) is 6.42 Å². The van der Waals surface area contributed by atoms with Crippen LogP contribution < -0.4 is 10.6 Å². The third-order valence-electron chi connectivity index (χ3n) is 5.59. The number of nitrogens with zero attached hydrogens (tertiary/aromatic N) is 1. The fourth-order valence-electron chi connectivity index (χ4n) is 3.76. The highest BCUT2D eigenvalue weighted by Gasteiger charge is 2.36. The van der Waals surface area contributed by atoms with Crippen LogP contribution in [0, 0.1) is 12.3 Å². The maximum Gasteiger partial charge on any atom is 0.408 e. The molecular formula is C29H43N3O7. The van der Waals surface area contributed by atoms with Gasteiger partial charge in [0, 0.05) is 18.7 Å². The summed E-state index contributed by atoms with van der Waals surface area (Å²) < 4.78 is 10.2. The molecule has 0 fully saturated rings. The van der Waals surface area contributed by atoms with E-state index in [2.05, 4.69) is 23.5 Å². The standard InChI is InChI=1S/C29H43N3O7/c1-7-10-11-12-19-32(27(36)23(20-33)31-28(37)39-29(4,5)6)25(22-15-13-21(8-2)14-16-22)26(35)30-18-17-24(34)38-9-3/h2,13-16,23,25,33H,7,9-12,17-20H2,1,3-6H3,(H,30,35)(H,31,37). The summed E-state index contributed by atoms with van der Waals surface area (Å²) in [5.74, 6) is 0.896. The Hall–Kier alpha value is -3.58. The molecule has 0 saturated carbocycles. The maximum atomic E-state index is 13.8. The predicted molar refractivity (Wildman–Crippen MR) is 147 cm³/mol. The molecule has 0 spiro atoms. The molecular weight excluding hydrogens is 502 g/mol. The number of hydrogen-bond donors (Lipinski definition) is 3. The second-order valence-electron chi connectivity index (χ2n) is 9.99. The molecule has 0 saturated heterocycles. The summed E-state index contributed by atoms with van der Waals surface area (Å²) in [7, 11) is 0. The molecule has 0 aromatic heterocycles. The average molecular weight is 546 g/mol. The number of carbonyl (C=O) groups excluding carboxylic acids is 4. The van der Waals surface area contributed by atoms with Gasteiger partial charge in [0.2, 0.25) is 11.8 Å². The lowest BCUT2D eigenvalue weighted by Crippen LogP contribution is -2.54. The van der Waals surface area contributed by atoms with E-state index in [0.717, 1.165) is 19.3 Å². The molecule has 10 heteroatoms. The van der Waals surface area contributed by atoms with Crippen LogP contribution in [0.1, 0.15) is 83.9 Å². The van der Waals surface area contributed by atoms with Crippen molar-refractivity contribution in [1.29, 1.82) is 0 Å². The number of rotatable bonds is 15. The number of esters is 1. The topological polar surface area (TPSA) is 134 Å². The Morgan fingerprint density at radius 3 is 2.28 bits per heavy atom. The molecule has 39 heavy (non-hydrogen) atoms. The number of terminal acetylenes is 1. The van der Waals surface area contributed by atoms with Crippen molar-refractivity contribution < 1.29 is 33.8 Å². The van der Waals surface area contributed by atoms with Crippen molar-refractivity contribution in [2.75, 3.05) is 26.3 Å². The molecule has 3 N–H and O–H groups in total. The third kappa shape index (κ3) is 12.2. The van der Waals surface area contributed by atoms with E-state index in [1.54, 1.807) is 52.0 Å². The lowest BCUT2D eigenvalue weighted by atomic mass is 10.0. The second kappa shape index (κ2) is 17.1. The van der Waals surface area contributed by atoms with Crippen molar-refractivity contribution in [2.24, 2.45) is 0 Å². The number of benzene rings is 1. The Balaban J connectivity index is 3.36. The van der Waals surface area contributed by atoms with E-state index in [1.807, 2.05) is 0 Å². The number of aliphatic hydroxyl groups excluding tert-OH is 1. The predicted octanol–water partition coefficient (Wildman–Crippen LogP) is 3.07. The minimum Gasteiger partial charge on any atom is -0.466 e. The largest absolute Gasteiger partial charge is 0.466 e. The molecule has 2 unspecified atom stereocenters. The molecule has 1 aromatic rings. The Morgan fingerprint density at radius 1 is 1.08 bits per heavy atom. The number of nitrogens with one attached hydrogen (secondary N) is 2. The van der Waals surface area contributed by atoms with Crippen LogP contribution in [-0.4, -0.2) is 71.8 Å². The molecule has 216 valence electrons. The van der Waals surface area contributed by atoms with Crippen LogP contribution in [0.5, 0.6) is 0 Å². The highest BCUT2D eigenvalue weighted by Crippen LogP contribution is 2.24. The number of alkyl carbamates (subject to hydrolysis) is 1. The lowest BCUT2D eigenvalue weighted by Gasteiger charge is -2.34. The Bertz CT molecular complexity index is 980. The first-order chi connectivity index (χ1) is 18.5. The van der Waals surface area contributed by atoms with Gasteiger partial charge in [0.05, 0.1) is 19.6 Å². The molecule has 1 aromatic carbocycles. The van der Waals surface area contributed by atoms with Crippen LogP contribution in [0.3, 0.4) is 0 Å². The number of amides is 3. The minimum atomic E-state index is -1.34. The summed E-state index contributed by atoms with van der Waals surface area (Å²) >= 11 is 0. The molecule has 1 rings (SSSR count). The van der Waals surface area contributed by atoms with Crippen molar-refractivity contribution in [3.63, 3.8) is 0 Å². The van der Waals surface area contributed by atoms with Gasteiger partial charge in [-0.25, -0.2) is 4.79 Å². The van der Waals surface area contributed by atoms with Crippen molar-refractivity contribution >= 4 is 23.9 Å². The average Bonchev–Trinajstić information content (AvgIpc) is 2.88. The maximum absolute atomic E-state index is 13.8. The molecule has 0 aliphatic rings. The van der Waals surface area contributed by atoms with Crippen LogP contribution in [0.15, 0.2) is 24.3 Å². The summed E-state index contributed by atoms with van der Waals surface area (Å²) in [6.45, 7) is 8.52. The highest BCUT2D eigenvalue weighted by atomic mass is 16.6. The van der Waals surface area contributed by atoms with Gasteiger partial charge >= 0.3 is 12.1 Å². The Kier molecular flexibility index (Phi) is 14.7. The SMILES string of the molecule is C#Cc1ccc(C(C(=O)NCCC(=O)OCC)N(CCCCCC)C(=O)C(CO)NC(=O)OC(C)(C)C)cc1. The molecule has 0 aliphatic heterocycles. The van der Waals surface area contributed by atoms with Gasteiger partial charge in [-0.05, 0) is 51.8 Å². The fraction of sp³-hybridized carbons (Fsp3) is 0.586. The summed E-state index contributed by atoms with van der Waals surface area (Å²) in [6.07, 6.45) is 7.91. The van der Waals surface area contributed by atoms with Gasteiger partial charge in [0.1, 0.15) is 17.7 Å². The molecule has 2 atom stereocenters. The molecule has 10 nitrogen and oxygen atoms in total. The van der Waals surface area contributed by atoms with Crippen LogP contribution >= 0.6 is 0 Å². The first-order valence-corrected chi connectivity index (χ1v) is 13.4. The first kappa shape index (κ1) is 33.4. The number of unbranched alkanes of at least 4 members (excludes halogenated alkanes) is 3. The van der Waals surface area contributed by atoms with Gasteiger partial charge in [-0.2, -0.15) is 0 Å². The minimum absolute atomic E-state index is 0.00799. The second-order valence-corrected chi connectivity index (χ2v) is 9.99. The van der Waals surface area contributed by atoms with Gasteiger partial charge in [0.25, 0.3) is 0 Å². The zero-order chi connectivity index (χ0) is 29.4. The molecule has 0 bridgehead atoms. The van der Waals surface area contributed by atoms with Crippen LogP contribution in [0.4, 0.5) is 4.79 Å². The van der Waals surface area contributed by atoms with E-state index in [4.69, 9.17) is 15.9 Å². The number of hydrogen-bond acceptors (Lipinski definition) is 7. The molecule has 0 heterocycles. The van der Waals surface area contributed by atoms with E-state index in [0.29, 0.717) is 17.5 Å². The van der Waals surface area contributed by atoms with Crippen LogP contribution in [-0.2, 0) is 23.9 Å². The molecule has 3 amide bonds. The fourth-order valence-corrected chi connectivity index (χ4v) is 3.76. The highest BCUT2D eigenvalue weighted by molar-refractivity contribution is 5.92. The Labute approximate surface area is 231 Å². The third-order valence-corrected chi connectivity index (χ3v) is 5.59. The lowest BCUT2D eigenvalue weighted by molar-refractivity contribution is -0.144. The summed E-state index contributed by atoms with van der Waals surface area (Å²) in [6, 6.07) is 4.19. The van der Waals surface area contributed by atoms with E-state index < -0.39 is 48.2 Å². The van der Waals surface area contributed by atoms with E-state index >= 15 is 0 Å². The zero-order valence-electron chi connectivity index (χ0n) is 23.7. The van der Waals surface area contributed by atoms with Gasteiger partial charge in [0.15, 0.2) is 0 Å². The molecule has 0 radical (unpaired) electrons.